The molecule has 0 saturated heterocycles. The Hall–Kier alpha value is -2.10. The second kappa shape index (κ2) is 7.20. The summed E-state index contributed by atoms with van der Waals surface area (Å²) < 4.78 is 1.98. The van der Waals surface area contributed by atoms with Gasteiger partial charge in [-0.05, 0) is 24.8 Å². The number of Topliss-reactive ketones (excluding diaryl/α,β-unsaturated/α-hetero) is 1. The molecule has 1 aromatic heterocycles. The third-order valence-corrected chi connectivity index (χ3v) is 4.28. The Morgan fingerprint density at radius 1 is 1.04 bits per heavy atom. The van der Waals surface area contributed by atoms with Crippen LogP contribution in [0.5, 0.6) is 0 Å². The lowest BCUT2D eigenvalue weighted by atomic mass is 10.0. The highest BCUT2D eigenvalue weighted by Gasteiger charge is 2.28. The van der Waals surface area contributed by atoms with Gasteiger partial charge in [0.25, 0.3) is 11.7 Å². The van der Waals surface area contributed by atoms with E-state index in [2.05, 4.69) is 27.7 Å². The van der Waals surface area contributed by atoms with Crippen LogP contribution in [0.3, 0.4) is 0 Å². The molecule has 0 aliphatic heterocycles. The molecule has 0 aliphatic carbocycles. The normalized spacial score (nSPS) is 11.5. The Bertz CT molecular complexity index is 746. The van der Waals surface area contributed by atoms with Crippen LogP contribution in [0, 0.1) is 18.8 Å². The van der Waals surface area contributed by atoms with E-state index >= 15 is 0 Å². The number of aromatic nitrogens is 1. The summed E-state index contributed by atoms with van der Waals surface area (Å²) in [5.41, 5.74) is 2.35. The average molecular weight is 328 g/mol. The monoisotopic (exact) mass is 328 g/mol. The maximum Gasteiger partial charge on any atom is 0.295 e. The minimum absolute atomic E-state index is 0.328. The lowest BCUT2D eigenvalue weighted by molar-refractivity contribution is -0.127. The maximum absolute atomic E-state index is 13.0. The van der Waals surface area contributed by atoms with Crippen molar-refractivity contribution in [2.45, 2.75) is 34.6 Å². The van der Waals surface area contributed by atoms with Crippen molar-refractivity contribution in [3.8, 4) is 0 Å². The molecule has 0 atom stereocenters. The molecule has 0 N–H and O–H groups in total. The van der Waals surface area contributed by atoms with Crippen LogP contribution in [0.2, 0.25) is 0 Å². The number of rotatable bonds is 6. The van der Waals surface area contributed by atoms with Gasteiger partial charge in [0.2, 0.25) is 0 Å². The highest BCUT2D eigenvalue weighted by molar-refractivity contribution is 6.45. The molecule has 4 heteroatoms. The molecule has 24 heavy (non-hydrogen) atoms. The van der Waals surface area contributed by atoms with Crippen LogP contribution in [0.4, 0.5) is 0 Å². The minimum Gasteiger partial charge on any atom is -0.347 e. The van der Waals surface area contributed by atoms with Crippen molar-refractivity contribution >= 4 is 22.6 Å². The Balaban J connectivity index is 2.43. The third-order valence-electron chi connectivity index (χ3n) is 4.28. The van der Waals surface area contributed by atoms with Gasteiger partial charge in [-0.3, -0.25) is 9.59 Å². The molecule has 0 bridgehead atoms. The standard InChI is InChI=1S/C20H28N2O2/c1-13(2)11-22(12-14(3)4)20(24)19(23)18-15(5)21(6)17-10-8-7-9-16(17)18/h7-10,13-14H,11-12H2,1-6H3. The SMILES string of the molecule is Cc1c(C(=O)C(=O)N(CC(C)C)CC(C)C)c2ccccc2n1C. The summed E-state index contributed by atoms with van der Waals surface area (Å²) in [7, 11) is 1.93. The number of fused-ring (bicyclic) bond motifs is 1. The van der Waals surface area contributed by atoms with Gasteiger partial charge in [-0.2, -0.15) is 0 Å². The van der Waals surface area contributed by atoms with Gasteiger partial charge in [-0.25, -0.2) is 0 Å². The number of para-hydroxylation sites is 1. The second-order valence-electron chi connectivity index (χ2n) is 7.36. The molecule has 1 heterocycles. The first kappa shape index (κ1) is 18.2. The fraction of sp³-hybridized carbons (Fsp3) is 0.500. The molecule has 1 amide bonds. The summed E-state index contributed by atoms with van der Waals surface area (Å²) in [4.78, 5) is 27.6. The van der Waals surface area contributed by atoms with Crippen LogP contribution in [-0.2, 0) is 11.8 Å². The van der Waals surface area contributed by atoms with Crippen LogP contribution in [-0.4, -0.2) is 34.2 Å². The van der Waals surface area contributed by atoms with Crippen LogP contribution >= 0.6 is 0 Å². The summed E-state index contributed by atoms with van der Waals surface area (Å²) in [5, 5.41) is 0.852. The zero-order valence-corrected chi connectivity index (χ0v) is 15.6. The molecular formula is C20H28N2O2. The molecule has 4 nitrogen and oxygen atoms in total. The molecule has 0 radical (unpaired) electrons. The molecule has 130 valence electrons. The number of ketones is 1. The highest BCUT2D eigenvalue weighted by Crippen LogP contribution is 2.25. The molecule has 0 fully saturated rings. The van der Waals surface area contributed by atoms with Crippen molar-refractivity contribution in [1.29, 1.82) is 0 Å². The number of carbonyl (C=O) groups is 2. The first-order valence-electron chi connectivity index (χ1n) is 8.61. The maximum atomic E-state index is 13.0. The van der Waals surface area contributed by atoms with E-state index in [4.69, 9.17) is 0 Å². The minimum atomic E-state index is -0.398. The summed E-state index contributed by atoms with van der Waals surface area (Å²) >= 11 is 0. The number of nitrogens with zero attached hydrogens (tertiary/aromatic N) is 2. The average Bonchev–Trinajstić information content (AvgIpc) is 2.76. The van der Waals surface area contributed by atoms with E-state index in [0.717, 1.165) is 16.6 Å². The van der Waals surface area contributed by atoms with Gasteiger partial charge in [-0.1, -0.05) is 45.9 Å². The molecule has 0 spiro atoms. The van der Waals surface area contributed by atoms with E-state index in [1.807, 2.05) is 42.8 Å². The fourth-order valence-electron chi connectivity index (χ4n) is 3.18. The zero-order chi connectivity index (χ0) is 18.0. The number of aryl methyl sites for hydroxylation is 1. The van der Waals surface area contributed by atoms with E-state index in [9.17, 15) is 9.59 Å². The molecule has 0 unspecified atom stereocenters. The Morgan fingerprint density at radius 3 is 2.12 bits per heavy atom. The van der Waals surface area contributed by atoms with Gasteiger partial charge in [0.15, 0.2) is 0 Å². The first-order valence-corrected chi connectivity index (χ1v) is 8.61. The van der Waals surface area contributed by atoms with Gasteiger partial charge in [-0.15, -0.1) is 0 Å². The number of hydrogen-bond donors (Lipinski definition) is 0. The van der Waals surface area contributed by atoms with Crippen molar-refractivity contribution in [1.82, 2.24) is 9.47 Å². The highest BCUT2D eigenvalue weighted by atomic mass is 16.2. The largest absolute Gasteiger partial charge is 0.347 e. The summed E-state index contributed by atoms with van der Waals surface area (Å²) in [6.07, 6.45) is 0. The van der Waals surface area contributed by atoms with E-state index in [0.29, 0.717) is 30.5 Å². The van der Waals surface area contributed by atoms with Crippen molar-refractivity contribution in [2.75, 3.05) is 13.1 Å². The van der Waals surface area contributed by atoms with Crippen LogP contribution < -0.4 is 0 Å². The molecule has 2 aromatic rings. The molecule has 0 aliphatic rings. The van der Waals surface area contributed by atoms with Crippen LogP contribution in [0.15, 0.2) is 24.3 Å². The van der Waals surface area contributed by atoms with Crippen molar-refractivity contribution in [2.24, 2.45) is 18.9 Å². The number of carbonyl (C=O) groups excluding carboxylic acids is 2. The van der Waals surface area contributed by atoms with Crippen molar-refractivity contribution in [3.05, 3.63) is 35.5 Å². The predicted octanol–water partition coefficient (Wildman–Crippen LogP) is 3.81. The smallest absolute Gasteiger partial charge is 0.295 e. The molecule has 0 saturated carbocycles. The van der Waals surface area contributed by atoms with Gasteiger partial charge in [0.05, 0.1) is 5.56 Å². The Labute approximate surface area is 144 Å². The lowest BCUT2D eigenvalue weighted by Crippen LogP contribution is -2.41. The summed E-state index contributed by atoms with van der Waals surface area (Å²) in [5.74, 6) is -0.134. The molecule has 2 rings (SSSR count). The number of benzene rings is 1. The van der Waals surface area contributed by atoms with Crippen molar-refractivity contribution < 1.29 is 9.59 Å². The van der Waals surface area contributed by atoms with E-state index < -0.39 is 11.7 Å². The fourth-order valence-corrected chi connectivity index (χ4v) is 3.18. The van der Waals surface area contributed by atoms with Gasteiger partial charge < -0.3 is 9.47 Å². The van der Waals surface area contributed by atoms with Gasteiger partial charge in [0.1, 0.15) is 0 Å². The van der Waals surface area contributed by atoms with E-state index in [1.165, 1.54) is 0 Å². The Kier molecular flexibility index (Phi) is 5.47. The number of amides is 1. The third kappa shape index (κ3) is 3.53. The summed E-state index contributed by atoms with van der Waals surface area (Å²) in [6, 6.07) is 7.74. The second-order valence-corrected chi connectivity index (χ2v) is 7.36. The number of hydrogen-bond acceptors (Lipinski definition) is 2. The quantitative estimate of drug-likeness (QED) is 0.598. The van der Waals surface area contributed by atoms with Crippen LogP contribution in [0.1, 0.15) is 43.7 Å². The van der Waals surface area contributed by atoms with Gasteiger partial charge >= 0.3 is 0 Å². The van der Waals surface area contributed by atoms with Crippen LogP contribution in [0.25, 0.3) is 10.9 Å². The Morgan fingerprint density at radius 2 is 1.58 bits per heavy atom. The van der Waals surface area contributed by atoms with Gasteiger partial charge in [0, 0.05) is 36.7 Å². The molecule has 1 aromatic carbocycles. The van der Waals surface area contributed by atoms with Crippen molar-refractivity contribution in [3.63, 3.8) is 0 Å². The van der Waals surface area contributed by atoms with E-state index in [-0.39, 0.29) is 0 Å². The zero-order valence-electron chi connectivity index (χ0n) is 15.6. The lowest BCUT2D eigenvalue weighted by Gasteiger charge is -2.25. The van der Waals surface area contributed by atoms with E-state index in [1.54, 1.807) is 4.90 Å². The summed E-state index contributed by atoms with van der Waals surface area (Å²) in [6.45, 7) is 11.4. The predicted molar refractivity (Wildman–Crippen MR) is 98.2 cm³/mol. The molecular weight excluding hydrogens is 300 g/mol. The first-order chi connectivity index (χ1) is 11.2. The topological polar surface area (TPSA) is 42.3 Å².